The van der Waals surface area contributed by atoms with Gasteiger partial charge in [-0.05, 0) is 124 Å². The minimum Gasteiger partial charge on any atom is -0.350 e. The lowest BCUT2D eigenvalue weighted by Gasteiger charge is -2.60. The van der Waals surface area contributed by atoms with E-state index in [4.69, 9.17) is 0 Å². The first kappa shape index (κ1) is 22.8. The van der Waals surface area contributed by atoms with Crippen LogP contribution in [0.1, 0.15) is 91.4 Å². The zero-order valence-corrected chi connectivity index (χ0v) is 22.4. The number of amides is 2. The maximum atomic E-state index is 14.2. The largest absolute Gasteiger partial charge is 0.350 e. The molecule has 8 aliphatic rings. The number of hydrogen-bond donors (Lipinski definition) is 1. The second kappa shape index (κ2) is 7.38. The van der Waals surface area contributed by atoms with E-state index in [0.717, 1.165) is 30.6 Å². The van der Waals surface area contributed by atoms with Gasteiger partial charge in [-0.15, -0.1) is 0 Å². The van der Waals surface area contributed by atoms with E-state index < -0.39 is 0 Å². The van der Waals surface area contributed by atoms with Crippen LogP contribution < -0.4 is 5.32 Å². The van der Waals surface area contributed by atoms with Gasteiger partial charge in [0.2, 0.25) is 11.8 Å². The van der Waals surface area contributed by atoms with Gasteiger partial charge in [0.15, 0.2) is 0 Å². The molecule has 0 aromatic heterocycles. The number of rotatable bonds is 2. The summed E-state index contributed by atoms with van der Waals surface area (Å²) < 4.78 is 0. The van der Waals surface area contributed by atoms with E-state index in [9.17, 15) is 9.59 Å². The van der Waals surface area contributed by atoms with E-state index in [0.29, 0.717) is 35.6 Å². The molecule has 1 heterocycles. The molecule has 1 N–H and O–H groups in total. The van der Waals surface area contributed by atoms with Crippen molar-refractivity contribution in [3.05, 3.63) is 12.2 Å². The molecule has 35 heavy (non-hydrogen) atoms. The Bertz CT molecular complexity index is 936. The molecule has 0 spiro atoms. The molecule has 8 atom stereocenters. The number of likely N-dealkylation sites (N-methyl/N-ethyl adjacent to an activating group) is 1. The summed E-state index contributed by atoms with van der Waals surface area (Å²) in [6.07, 6.45) is 18.0. The third-order valence-corrected chi connectivity index (χ3v) is 13.2. The molecular weight excluding hydrogens is 432 g/mol. The molecule has 7 fully saturated rings. The first-order valence-corrected chi connectivity index (χ1v) is 14.9. The molecule has 7 saturated carbocycles. The van der Waals surface area contributed by atoms with Gasteiger partial charge in [0.1, 0.15) is 0 Å². The Morgan fingerprint density at radius 3 is 2.29 bits per heavy atom. The Hall–Kier alpha value is -1.32. The number of hydrogen-bond acceptors (Lipinski definition) is 2. The van der Waals surface area contributed by atoms with Crippen molar-refractivity contribution in [2.45, 2.75) is 103 Å². The van der Waals surface area contributed by atoms with Crippen LogP contribution in [0.25, 0.3) is 0 Å². The minimum absolute atomic E-state index is 0.0791. The average molecular weight is 479 g/mol. The Morgan fingerprint density at radius 2 is 1.63 bits per heavy atom. The van der Waals surface area contributed by atoms with Gasteiger partial charge >= 0.3 is 0 Å². The van der Waals surface area contributed by atoms with Gasteiger partial charge in [-0.25, -0.2) is 0 Å². The summed E-state index contributed by atoms with van der Waals surface area (Å²) in [6, 6.07) is 0.333. The molecular formula is C31H46N2O2. The molecule has 8 rings (SSSR count). The summed E-state index contributed by atoms with van der Waals surface area (Å²) in [5.41, 5.74) is 0.318. The third kappa shape index (κ3) is 3.10. The first-order valence-electron chi connectivity index (χ1n) is 14.9. The summed E-state index contributed by atoms with van der Waals surface area (Å²) in [5, 5.41) is 3.80. The smallest absolute Gasteiger partial charge is 0.246 e. The summed E-state index contributed by atoms with van der Waals surface area (Å²) >= 11 is 0. The average Bonchev–Trinajstić information content (AvgIpc) is 3.05. The molecule has 0 aromatic carbocycles. The minimum atomic E-state index is 0.0791. The van der Waals surface area contributed by atoms with Crippen molar-refractivity contribution in [2.24, 2.45) is 58.2 Å². The second-order valence-corrected chi connectivity index (χ2v) is 15.0. The van der Waals surface area contributed by atoms with Crippen LogP contribution in [-0.2, 0) is 9.59 Å². The SMILES string of the molecule is CC1C[C@H]2[C@@H]3CCC4N(C)C(=O)C=C[C@]4(C)[C@@H]3CC[C@]2(C)C1C(=O)NC12CC3CC(CC(C3)C1)C2. The summed E-state index contributed by atoms with van der Waals surface area (Å²) in [6.45, 7) is 7.29. The molecule has 3 unspecified atom stereocenters. The van der Waals surface area contributed by atoms with Gasteiger partial charge in [0.25, 0.3) is 0 Å². The quantitative estimate of drug-likeness (QED) is 0.564. The van der Waals surface area contributed by atoms with Crippen LogP contribution >= 0.6 is 0 Å². The number of carbonyl (C=O) groups excluding carboxylic acids is 2. The number of nitrogens with one attached hydrogen (secondary N) is 1. The van der Waals surface area contributed by atoms with Gasteiger partial charge in [-0.1, -0.05) is 26.8 Å². The monoisotopic (exact) mass is 478 g/mol. The summed E-state index contributed by atoms with van der Waals surface area (Å²) in [4.78, 5) is 28.6. The van der Waals surface area contributed by atoms with Crippen LogP contribution in [0.2, 0.25) is 0 Å². The van der Waals surface area contributed by atoms with Gasteiger partial charge in [0.05, 0.1) is 0 Å². The second-order valence-electron chi connectivity index (χ2n) is 15.0. The Kier molecular flexibility index (Phi) is 4.81. The molecule has 0 aromatic rings. The maximum Gasteiger partial charge on any atom is 0.246 e. The third-order valence-electron chi connectivity index (χ3n) is 13.2. The lowest BCUT2D eigenvalue weighted by atomic mass is 9.47. The number of carbonyl (C=O) groups is 2. The van der Waals surface area contributed by atoms with Gasteiger partial charge < -0.3 is 10.2 Å². The van der Waals surface area contributed by atoms with E-state index in [1.165, 1.54) is 57.8 Å². The fraction of sp³-hybridized carbons (Fsp3) is 0.871. The molecule has 4 bridgehead atoms. The molecule has 0 radical (unpaired) electrons. The highest BCUT2D eigenvalue weighted by Gasteiger charge is 2.64. The van der Waals surface area contributed by atoms with Crippen LogP contribution in [0.4, 0.5) is 0 Å². The van der Waals surface area contributed by atoms with E-state index in [1.807, 2.05) is 18.0 Å². The Labute approximate surface area is 212 Å². The number of nitrogens with zero attached hydrogens (tertiary/aromatic N) is 1. The van der Waals surface area contributed by atoms with Crippen molar-refractivity contribution >= 4 is 11.8 Å². The summed E-state index contributed by atoms with van der Waals surface area (Å²) in [7, 11) is 2.00. The highest BCUT2D eigenvalue weighted by molar-refractivity contribution is 5.89. The Morgan fingerprint density at radius 1 is 0.971 bits per heavy atom. The molecule has 4 heteroatoms. The van der Waals surface area contributed by atoms with Crippen molar-refractivity contribution in [1.29, 1.82) is 0 Å². The van der Waals surface area contributed by atoms with Gasteiger partial charge in [-0.2, -0.15) is 0 Å². The molecule has 192 valence electrons. The van der Waals surface area contributed by atoms with Crippen LogP contribution in [-0.4, -0.2) is 35.3 Å². The van der Waals surface area contributed by atoms with E-state index in [-0.39, 0.29) is 28.2 Å². The molecule has 7 aliphatic carbocycles. The summed E-state index contributed by atoms with van der Waals surface area (Å²) in [5.74, 6) is 5.75. The van der Waals surface area contributed by atoms with Crippen molar-refractivity contribution in [2.75, 3.05) is 7.05 Å². The van der Waals surface area contributed by atoms with Crippen LogP contribution in [0.15, 0.2) is 12.2 Å². The van der Waals surface area contributed by atoms with Crippen molar-refractivity contribution in [3.63, 3.8) is 0 Å². The maximum absolute atomic E-state index is 14.2. The Balaban J connectivity index is 1.14. The van der Waals surface area contributed by atoms with Crippen molar-refractivity contribution in [3.8, 4) is 0 Å². The highest BCUT2D eigenvalue weighted by atomic mass is 16.2. The normalized spacial score (nSPS) is 55.9. The fourth-order valence-corrected chi connectivity index (χ4v) is 12.3. The van der Waals surface area contributed by atoms with Gasteiger partial charge in [0, 0.05) is 30.0 Å². The predicted molar refractivity (Wildman–Crippen MR) is 137 cm³/mol. The van der Waals surface area contributed by atoms with Crippen molar-refractivity contribution < 1.29 is 9.59 Å². The molecule has 0 saturated heterocycles. The standard InChI is InChI=1S/C31H46N2O2/c1-18-11-24-22-5-6-25-29(2,10-8-26(34)33(25)4)23(22)7-9-30(24,3)27(18)28(35)32-31-15-19-12-20(16-31)14-21(13-19)17-31/h8,10,18-25,27H,5-7,9,11-17H2,1-4H3,(H,32,35)/t18?,19?,20?,21?,22-,23-,24+,25?,27?,29-,30+,31?/m1/s1. The van der Waals surface area contributed by atoms with Crippen LogP contribution in [0.3, 0.4) is 0 Å². The first-order chi connectivity index (χ1) is 16.6. The fourth-order valence-electron chi connectivity index (χ4n) is 12.3. The van der Waals surface area contributed by atoms with Gasteiger partial charge in [-0.3, -0.25) is 9.59 Å². The topological polar surface area (TPSA) is 49.4 Å². The molecule has 4 nitrogen and oxygen atoms in total. The van der Waals surface area contributed by atoms with Crippen molar-refractivity contribution in [1.82, 2.24) is 10.2 Å². The molecule has 2 amide bonds. The number of fused-ring (bicyclic) bond motifs is 5. The highest BCUT2D eigenvalue weighted by Crippen LogP contribution is 2.67. The van der Waals surface area contributed by atoms with Crippen LogP contribution in [0.5, 0.6) is 0 Å². The van der Waals surface area contributed by atoms with E-state index in [2.05, 4.69) is 32.2 Å². The zero-order valence-electron chi connectivity index (χ0n) is 22.4. The zero-order chi connectivity index (χ0) is 24.3. The lowest BCUT2D eigenvalue weighted by Crippen LogP contribution is -2.62. The molecule has 1 aliphatic heterocycles. The van der Waals surface area contributed by atoms with Crippen LogP contribution in [0, 0.1) is 58.2 Å². The predicted octanol–water partition coefficient (Wildman–Crippen LogP) is 5.57. The lowest BCUT2D eigenvalue weighted by molar-refractivity contribution is -0.145. The van der Waals surface area contributed by atoms with E-state index >= 15 is 0 Å². The van der Waals surface area contributed by atoms with E-state index in [1.54, 1.807) is 0 Å².